The van der Waals surface area contributed by atoms with E-state index in [2.05, 4.69) is 0 Å². The van der Waals surface area contributed by atoms with Crippen LogP contribution < -0.4 is 24.0 Å². The molecule has 0 rings (SSSR count). The zero-order valence-corrected chi connectivity index (χ0v) is 15.8. The first-order valence-electron chi connectivity index (χ1n) is 5.75. The van der Waals surface area contributed by atoms with Crippen molar-refractivity contribution in [1.29, 1.82) is 0 Å². The van der Waals surface area contributed by atoms with Gasteiger partial charge < -0.3 is 38.1 Å². The highest BCUT2D eigenvalue weighted by atomic mass is 127. The molecule has 1 atom stereocenters. The van der Waals surface area contributed by atoms with Crippen LogP contribution in [-0.4, -0.2) is 54.0 Å². The Bertz CT molecular complexity index is 255. The predicted molar refractivity (Wildman–Crippen MR) is 74.4 cm³/mol. The van der Waals surface area contributed by atoms with E-state index in [-0.39, 0.29) is 35.3 Å². The molecule has 3 nitrogen and oxygen atoms in total. The van der Waals surface area contributed by atoms with Gasteiger partial charge in [-0.25, -0.2) is 0 Å². The minimum atomic E-state index is -2.35. The predicted octanol–water partition coefficient (Wildman–Crippen LogP) is -0.157. The third-order valence-corrected chi connectivity index (χ3v) is 10.3. The van der Waals surface area contributed by atoms with Gasteiger partial charge in [0.25, 0.3) is 0 Å². The van der Waals surface area contributed by atoms with Crippen LogP contribution in [0.3, 0.4) is 0 Å². The molecule has 0 heterocycles. The molecular formula is C11H27INO2PS. The van der Waals surface area contributed by atoms with Crippen molar-refractivity contribution < 1.29 is 38.1 Å². The van der Waals surface area contributed by atoms with Crippen molar-refractivity contribution in [2.75, 3.05) is 27.7 Å². The highest BCUT2D eigenvalue weighted by Crippen LogP contribution is 2.66. The third-order valence-electron chi connectivity index (χ3n) is 2.43. The molecule has 0 radical (unpaired) electrons. The lowest BCUT2D eigenvalue weighted by atomic mass is 10.5. The van der Waals surface area contributed by atoms with E-state index in [0.717, 1.165) is 0 Å². The lowest BCUT2D eigenvalue weighted by Crippen LogP contribution is -3.00. The molecule has 0 aliphatic heterocycles. The standard InChI is InChI=1S/C11H27NO2PS.HI/c1-9(2)15(14,10(3)4)16-11(13)8-12(5,6)7;/h9-11,13H,8H2,1-7H3;1H/q+1;/p-1. The third kappa shape index (κ3) is 7.41. The van der Waals surface area contributed by atoms with Crippen LogP contribution in [-0.2, 0) is 4.57 Å². The van der Waals surface area contributed by atoms with Crippen molar-refractivity contribution in [2.45, 2.75) is 44.4 Å². The van der Waals surface area contributed by atoms with E-state index in [1.54, 1.807) is 0 Å². The van der Waals surface area contributed by atoms with Gasteiger partial charge in [0.15, 0.2) is 5.44 Å². The molecule has 1 N–H and O–H groups in total. The quantitative estimate of drug-likeness (QED) is 0.294. The Labute approximate surface area is 127 Å². The molecule has 0 aromatic carbocycles. The lowest BCUT2D eigenvalue weighted by Gasteiger charge is -2.31. The van der Waals surface area contributed by atoms with Gasteiger partial charge in [0.1, 0.15) is 12.9 Å². The zero-order valence-electron chi connectivity index (χ0n) is 12.0. The number of rotatable bonds is 6. The minimum absolute atomic E-state index is 0. The summed E-state index contributed by atoms with van der Waals surface area (Å²) in [5, 5.41) is 9.99. The summed E-state index contributed by atoms with van der Waals surface area (Å²) < 4.78 is 13.4. The molecule has 0 fully saturated rings. The molecule has 0 aliphatic carbocycles. The second-order valence-electron chi connectivity index (χ2n) is 5.87. The van der Waals surface area contributed by atoms with Crippen LogP contribution in [0.1, 0.15) is 27.7 Å². The molecule has 0 saturated carbocycles. The maximum absolute atomic E-state index is 12.7. The first-order chi connectivity index (χ1) is 6.99. The SMILES string of the molecule is CC(C)P(=O)(SC(O)C[N+](C)(C)C)C(C)C.[I-]. The molecular weight excluding hydrogens is 368 g/mol. The van der Waals surface area contributed by atoms with Gasteiger partial charge in [-0.3, -0.25) is 0 Å². The fourth-order valence-electron chi connectivity index (χ4n) is 1.53. The highest BCUT2D eigenvalue weighted by Gasteiger charge is 2.35. The minimum Gasteiger partial charge on any atom is -1.00 e. The summed E-state index contributed by atoms with van der Waals surface area (Å²) in [5.41, 5.74) is -0.296. The Morgan fingerprint density at radius 1 is 1.12 bits per heavy atom. The van der Waals surface area contributed by atoms with Crippen LogP contribution in [0.15, 0.2) is 0 Å². The Hall–Kier alpha value is 1.23. The van der Waals surface area contributed by atoms with E-state index < -0.39 is 11.8 Å². The van der Waals surface area contributed by atoms with Crippen molar-refractivity contribution in [2.24, 2.45) is 0 Å². The van der Waals surface area contributed by atoms with Crippen LogP contribution in [0.2, 0.25) is 0 Å². The summed E-state index contributed by atoms with van der Waals surface area (Å²) in [6, 6.07) is 0. The van der Waals surface area contributed by atoms with Crippen LogP contribution >= 0.6 is 17.7 Å². The molecule has 0 aromatic rings. The maximum atomic E-state index is 12.7. The number of quaternary nitrogens is 1. The van der Waals surface area contributed by atoms with Gasteiger partial charge in [-0.1, -0.05) is 39.1 Å². The van der Waals surface area contributed by atoms with Crippen molar-refractivity contribution in [1.82, 2.24) is 0 Å². The Morgan fingerprint density at radius 3 is 1.71 bits per heavy atom. The highest BCUT2D eigenvalue weighted by molar-refractivity contribution is 8.58. The zero-order chi connectivity index (χ0) is 13.1. The topological polar surface area (TPSA) is 37.3 Å². The molecule has 0 amide bonds. The van der Waals surface area contributed by atoms with E-state index in [1.807, 2.05) is 48.8 Å². The molecule has 0 saturated heterocycles. The van der Waals surface area contributed by atoms with Crippen molar-refractivity contribution in [3.8, 4) is 0 Å². The van der Waals surface area contributed by atoms with Crippen LogP contribution in [0.25, 0.3) is 0 Å². The van der Waals surface area contributed by atoms with Gasteiger partial charge in [0.05, 0.1) is 21.1 Å². The maximum Gasteiger partial charge on any atom is 0.155 e. The summed E-state index contributed by atoms with van der Waals surface area (Å²) in [6.07, 6.45) is -2.35. The Kier molecular flexibility index (Phi) is 9.34. The van der Waals surface area contributed by atoms with E-state index in [1.165, 1.54) is 11.4 Å². The number of aliphatic hydroxyl groups excluding tert-OH is 1. The normalized spacial score (nSPS) is 14.9. The molecule has 0 aromatic heterocycles. The van der Waals surface area contributed by atoms with Crippen molar-refractivity contribution >= 4 is 17.7 Å². The molecule has 17 heavy (non-hydrogen) atoms. The van der Waals surface area contributed by atoms with Crippen LogP contribution in [0.4, 0.5) is 0 Å². The smallest absolute Gasteiger partial charge is 0.155 e. The van der Waals surface area contributed by atoms with Gasteiger partial charge in [-0.2, -0.15) is 0 Å². The van der Waals surface area contributed by atoms with Crippen LogP contribution in [0.5, 0.6) is 0 Å². The summed E-state index contributed by atoms with van der Waals surface area (Å²) in [5.74, 6) is 0. The Morgan fingerprint density at radius 2 is 1.47 bits per heavy atom. The average Bonchev–Trinajstić information content (AvgIpc) is 1.98. The van der Waals surface area contributed by atoms with E-state index in [4.69, 9.17) is 0 Å². The van der Waals surface area contributed by atoms with E-state index >= 15 is 0 Å². The number of hydrogen-bond donors (Lipinski definition) is 1. The summed E-state index contributed by atoms with van der Waals surface area (Å²) in [4.78, 5) is 0. The summed E-state index contributed by atoms with van der Waals surface area (Å²) >= 11 is 1.29. The number of likely N-dealkylation sites (N-methyl/N-ethyl adjacent to an activating group) is 1. The van der Waals surface area contributed by atoms with Crippen LogP contribution in [0, 0.1) is 0 Å². The van der Waals surface area contributed by atoms with Gasteiger partial charge in [-0.15, -0.1) is 0 Å². The number of nitrogens with zero attached hydrogens (tertiary/aromatic N) is 1. The molecule has 106 valence electrons. The Balaban J connectivity index is 0. The first-order valence-corrected chi connectivity index (χ1v) is 9.08. The van der Waals surface area contributed by atoms with Gasteiger partial charge in [-0.05, 0) is 0 Å². The van der Waals surface area contributed by atoms with Gasteiger partial charge >= 0.3 is 0 Å². The largest absolute Gasteiger partial charge is 1.00 e. The van der Waals surface area contributed by atoms with Gasteiger partial charge in [0, 0.05) is 11.3 Å². The number of hydrogen-bond acceptors (Lipinski definition) is 3. The molecule has 0 spiro atoms. The van der Waals surface area contributed by atoms with Crippen molar-refractivity contribution in [3.63, 3.8) is 0 Å². The molecule has 0 bridgehead atoms. The fraction of sp³-hybridized carbons (Fsp3) is 1.00. The first kappa shape index (κ1) is 20.5. The number of aliphatic hydroxyl groups is 1. The monoisotopic (exact) mass is 395 g/mol. The van der Waals surface area contributed by atoms with E-state index in [9.17, 15) is 9.67 Å². The van der Waals surface area contributed by atoms with Crippen molar-refractivity contribution in [3.05, 3.63) is 0 Å². The summed E-state index contributed by atoms with van der Waals surface area (Å²) in [6.45, 7) is 8.53. The molecule has 1 unspecified atom stereocenters. The van der Waals surface area contributed by atoms with E-state index in [0.29, 0.717) is 11.0 Å². The number of halogens is 1. The van der Waals surface area contributed by atoms with Gasteiger partial charge in [0.2, 0.25) is 0 Å². The second kappa shape index (κ2) is 7.73. The fourth-order valence-corrected chi connectivity index (χ4v) is 6.91. The summed E-state index contributed by atoms with van der Waals surface area (Å²) in [7, 11) is 6.08. The molecule has 6 heteroatoms. The lowest BCUT2D eigenvalue weighted by molar-refractivity contribution is -0.871. The second-order valence-corrected chi connectivity index (χ2v) is 12.3. The molecule has 0 aliphatic rings. The average molecular weight is 395 g/mol.